The molecule has 6 rings (SSSR count). The molecule has 1 fully saturated rings. The summed E-state index contributed by atoms with van der Waals surface area (Å²) in [4.78, 5) is 45.8. The van der Waals surface area contributed by atoms with Gasteiger partial charge in [-0.05, 0) is 47.0 Å². The van der Waals surface area contributed by atoms with E-state index in [1.807, 2.05) is 86.5 Å². The molecule has 3 aromatic carbocycles. The Morgan fingerprint density at radius 1 is 0.950 bits per heavy atom. The molecule has 3 aliphatic rings. The van der Waals surface area contributed by atoms with Gasteiger partial charge in [0.15, 0.2) is 11.6 Å². The highest BCUT2D eigenvalue weighted by Crippen LogP contribution is 2.62. The van der Waals surface area contributed by atoms with Crippen LogP contribution in [0.1, 0.15) is 53.9 Å². The van der Waals surface area contributed by atoms with E-state index in [0.717, 1.165) is 11.1 Å². The molecule has 3 heterocycles. The van der Waals surface area contributed by atoms with E-state index in [-0.39, 0.29) is 23.0 Å². The van der Waals surface area contributed by atoms with Gasteiger partial charge in [-0.2, -0.15) is 0 Å². The van der Waals surface area contributed by atoms with Crippen LogP contribution in [0.5, 0.6) is 11.5 Å². The highest BCUT2D eigenvalue weighted by molar-refractivity contribution is 6.16. The zero-order chi connectivity index (χ0) is 28.4. The summed E-state index contributed by atoms with van der Waals surface area (Å²) in [7, 11) is 3.03. The smallest absolute Gasteiger partial charge is 0.238 e. The molecule has 1 amide bonds. The standard InChI is InChI=1S/C33H32N2O5/c1-32(2,3)30(37)27-26(28(36)22-18-20(39-4)14-15-25(22)40-5)33(23-12-8-9-13-24(23)34-31(33)38)29-21-11-7-6-10-19(21)16-17-35(27)29/h6-18,26-27,29H,1-5H3,(H,34,38)/t26-,27-,29+,33-/m0/s1. The zero-order valence-corrected chi connectivity index (χ0v) is 23.2. The second-order valence-electron chi connectivity index (χ2n) is 11.6. The first kappa shape index (κ1) is 25.9. The van der Waals surface area contributed by atoms with Crippen LogP contribution in [-0.4, -0.2) is 42.6 Å². The fraction of sp³-hybridized carbons (Fsp3) is 0.303. The number of hydrogen-bond donors (Lipinski definition) is 1. The topological polar surface area (TPSA) is 84.9 Å². The van der Waals surface area contributed by atoms with Crippen molar-refractivity contribution < 1.29 is 23.9 Å². The molecule has 0 radical (unpaired) electrons. The summed E-state index contributed by atoms with van der Waals surface area (Å²) >= 11 is 0. The third-order valence-electron chi connectivity index (χ3n) is 8.53. The first-order valence-corrected chi connectivity index (χ1v) is 13.4. The van der Waals surface area contributed by atoms with Gasteiger partial charge in [0, 0.05) is 17.3 Å². The fourth-order valence-electron chi connectivity index (χ4n) is 6.79. The number of hydrogen-bond acceptors (Lipinski definition) is 6. The summed E-state index contributed by atoms with van der Waals surface area (Å²) < 4.78 is 11.1. The van der Waals surface area contributed by atoms with E-state index >= 15 is 0 Å². The number of Topliss-reactive ketones (excluding diaryl/α,β-unsaturated/α-hetero) is 2. The number of amides is 1. The van der Waals surface area contributed by atoms with E-state index in [9.17, 15) is 14.4 Å². The number of ether oxygens (including phenoxy) is 2. The number of nitrogens with zero attached hydrogens (tertiary/aromatic N) is 1. The molecule has 0 unspecified atom stereocenters. The highest BCUT2D eigenvalue weighted by atomic mass is 16.5. The van der Waals surface area contributed by atoms with Crippen LogP contribution in [0.2, 0.25) is 0 Å². The van der Waals surface area contributed by atoms with Crippen LogP contribution in [0.3, 0.4) is 0 Å². The van der Waals surface area contributed by atoms with E-state index in [4.69, 9.17) is 9.47 Å². The molecule has 7 heteroatoms. The minimum absolute atomic E-state index is 0.115. The first-order chi connectivity index (χ1) is 19.1. The molecule has 1 N–H and O–H groups in total. The van der Waals surface area contributed by atoms with Gasteiger partial charge in [0.05, 0.1) is 37.8 Å². The van der Waals surface area contributed by atoms with Crippen LogP contribution in [-0.2, 0) is 15.0 Å². The molecule has 204 valence electrons. The second kappa shape index (κ2) is 9.08. The average molecular weight is 537 g/mol. The van der Waals surface area contributed by atoms with Gasteiger partial charge in [0.25, 0.3) is 0 Å². The zero-order valence-electron chi connectivity index (χ0n) is 23.2. The molecule has 0 aliphatic carbocycles. The van der Waals surface area contributed by atoms with Crippen molar-refractivity contribution in [1.82, 2.24) is 4.90 Å². The lowest BCUT2D eigenvalue weighted by atomic mass is 9.62. The number of rotatable bonds is 5. The quantitative estimate of drug-likeness (QED) is 0.439. The SMILES string of the molecule is COc1ccc(OC)c(C(=O)[C@@H]2[C@@H](C(=O)C(C)(C)C)N3C=Cc4ccccc4[C@@H]3[C@@]23C(=O)Nc2ccccc23)c1. The van der Waals surface area contributed by atoms with Crippen LogP contribution in [0.15, 0.2) is 72.9 Å². The minimum Gasteiger partial charge on any atom is -0.497 e. The largest absolute Gasteiger partial charge is 0.497 e. The Kier molecular flexibility index (Phi) is 5.87. The number of methoxy groups -OCH3 is 2. The van der Waals surface area contributed by atoms with E-state index < -0.39 is 28.8 Å². The van der Waals surface area contributed by atoms with Crippen LogP contribution < -0.4 is 14.8 Å². The predicted molar refractivity (Wildman–Crippen MR) is 152 cm³/mol. The third kappa shape index (κ3) is 3.46. The molecular formula is C33H32N2O5. The van der Waals surface area contributed by atoms with Gasteiger partial charge in [-0.1, -0.05) is 63.2 Å². The van der Waals surface area contributed by atoms with Crippen molar-refractivity contribution in [2.24, 2.45) is 11.3 Å². The number of benzene rings is 3. The van der Waals surface area contributed by atoms with Gasteiger partial charge in [0.2, 0.25) is 5.91 Å². The Labute approximate surface area is 233 Å². The number of fused-ring (bicyclic) bond motifs is 6. The summed E-state index contributed by atoms with van der Waals surface area (Å²) in [5.41, 5.74) is 1.33. The number of carbonyl (C=O) groups excluding carboxylic acids is 3. The Balaban J connectivity index is 1.70. The molecule has 1 saturated heterocycles. The number of para-hydroxylation sites is 1. The molecule has 7 nitrogen and oxygen atoms in total. The van der Waals surface area contributed by atoms with Gasteiger partial charge >= 0.3 is 0 Å². The van der Waals surface area contributed by atoms with Crippen LogP contribution in [0.4, 0.5) is 5.69 Å². The van der Waals surface area contributed by atoms with E-state index in [2.05, 4.69) is 5.32 Å². The van der Waals surface area contributed by atoms with Crippen molar-refractivity contribution in [1.29, 1.82) is 0 Å². The van der Waals surface area contributed by atoms with Crippen molar-refractivity contribution in [2.75, 3.05) is 19.5 Å². The summed E-state index contributed by atoms with van der Waals surface area (Å²) in [6.07, 6.45) is 3.84. The Hall–Kier alpha value is -4.39. The maximum atomic E-state index is 15.0. The molecule has 3 aromatic rings. The summed E-state index contributed by atoms with van der Waals surface area (Å²) in [6, 6.07) is 18.9. The van der Waals surface area contributed by atoms with Crippen molar-refractivity contribution >= 4 is 29.2 Å². The molecule has 3 aliphatic heterocycles. The van der Waals surface area contributed by atoms with Crippen LogP contribution in [0, 0.1) is 11.3 Å². The van der Waals surface area contributed by atoms with Gasteiger partial charge in [-0.3, -0.25) is 14.4 Å². The molecule has 0 bridgehead atoms. The number of carbonyl (C=O) groups is 3. The summed E-state index contributed by atoms with van der Waals surface area (Å²) in [5.74, 6) is -0.964. The molecular weight excluding hydrogens is 504 g/mol. The maximum absolute atomic E-state index is 15.0. The number of nitrogens with one attached hydrogen (secondary N) is 1. The third-order valence-corrected chi connectivity index (χ3v) is 8.53. The van der Waals surface area contributed by atoms with Crippen LogP contribution >= 0.6 is 0 Å². The fourth-order valence-corrected chi connectivity index (χ4v) is 6.79. The van der Waals surface area contributed by atoms with E-state index in [1.54, 1.807) is 18.2 Å². The minimum atomic E-state index is -1.38. The van der Waals surface area contributed by atoms with Gasteiger partial charge in [-0.25, -0.2) is 0 Å². The predicted octanol–water partition coefficient (Wildman–Crippen LogP) is 5.42. The Morgan fingerprint density at radius 2 is 1.68 bits per heavy atom. The Bertz CT molecular complexity index is 1590. The average Bonchev–Trinajstić information content (AvgIpc) is 3.43. The lowest BCUT2D eigenvalue weighted by Crippen LogP contribution is -2.50. The number of anilines is 1. The first-order valence-electron chi connectivity index (χ1n) is 13.4. The monoisotopic (exact) mass is 536 g/mol. The van der Waals surface area contributed by atoms with Gasteiger partial charge in [-0.15, -0.1) is 0 Å². The van der Waals surface area contributed by atoms with E-state index in [1.165, 1.54) is 14.2 Å². The lowest BCUT2D eigenvalue weighted by Gasteiger charge is -2.38. The molecule has 4 atom stereocenters. The van der Waals surface area contributed by atoms with Crippen LogP contribution in [0.25, 0.3) is 6.08 Å². The highest BCUT2D eigenvalue weighted by Gasteiger charge is 2.71. The molecule has 1 spiro atoms. The van der Waals surface area contributed by atoms with Crippen molar-refractivity contribution in [3.8, 4) is 11.5 Å². The second-order valence-corrected chi connectivity index (χ2v) is 11.6. The maximum Gasteiger partial charge on any atom is 0.238 e. The van der Waals surface area contributed by atoms with E-state index in [0.29, 0.717) is 22.7 Å². The number of ketones is 2. The lowest BCUT2D eigenvalue weighted by molar-refractivity contribution is -0.131. The molecule has 40 heavy (non-hydrogen) atoms. The van der Waals surface area contributed by atoms with Gasteiger partial charge < -0.3 is 19.7 Å². The van der Waals surface area contributed by atoms with Crippen molar-refractivity contribution in [3.05, 3.63) is 95.2 Å². The van der Waals surface area contributed by atoms with Crippen molar-refractivity contribution in [3.63, 3.8) is 0 Å². The van der Waals surface area contributed by atoms with Crippen molar-refractivity contribution in [2.45, 2.75) is 38.3 Å². The Morgan fingerprint density at radius 3 is 2.40 bits per heavy atom. The summed E-state index contributed by atoms with van der Waals surface area (Å²) in [6.45, 7) is 5.56. The van der Waals surface area contributed by atoms with Gasteiger partial charge in [0.1, 0.15) is 16.9 Å². The summed E-state index contributed by atoms with van der Waals surface area (Å²) in [5, 5.41) is 3.07. The normalized spacial score (nSPS) is 24.3. The molecule has 0 aromatic heterocycles. The molecule has 0 saturated carbocycles.